The van der Waals surface area contributed by atoms with Gasteiger partial charge in [-0.25, -0.2) is 15.0 Å². The number of rotatable bonds is 4. The number of aromatic nitrogens is 3. The average Bonchev–Trinajstić information content (AvgIpc) is 2.73. The number of anilines is 2. The summed E-state index contributed by atoms with van der Waals surface area (Å²) < 4.78 is 38.2. The SMILES string of the molecule is [N-]=[N+]=Nc1ccc2ccc(Nc3cc(-c4ccc(C(F)(F)F)cc4)ncn3)cc2n1. The zero-order valence-corrected chi connectivity index (χ0v) is 15.2. The van der Waals surface area contributed by atoms with Gasteiger partial charge in [0.05, 0.1) is 16.8 Å². The van der Waals surface area contributed by atoms with Crippen LogP contribution in [0.5, 0.6) is 0 Å². The van der Waals surface area contributed by atoms with E-state index in [0.717, 1.165) is 17.5 Å². The molecule has 0 unspecified atom stereocenters. The fourth-order valence-corrected chi connectivity index (χ4v) is 2.85. The van der Waals surface area contributed by atoms with Gasteiger partial charge in [0.1, 0.15) is 18.0 Å². The normalized spacial score (nSPS) is 11.2. The van der Waals surface area contributed by atoms with Gasteiger partial charge in [0, 0.05) is 27.6 Å². The summed E-state index contributed by atoms with van der Waals surface area (Å²) in [6, 6.07) is 15.3. The lowest BCUT2D eigenvalue weighted by Gasteiger charge is -2.09. The molecule has 0 fully saturated rings. The Morgan fingerprint density at radius 2 is 1.70 bits per heavy atom. The lowest BCUT2D eigenvalue weighted by Crippen LogP contribution is -2.04. The van der Waals surface area contributed by atoms with Crippen LogP contribution in [0.3, 0.4) is 0 Å². The maximum Gasteiger partial charge on any atom is 0.416 e. The summed E-state index contributed by atoms with van der Waals surface area (Å²) in [5.41, 5.74) is 10.2. The monoisotopic (exact) mass is 407 g/mol. The fraction of sp³-hybridized carbons (Fsp3) is 0.0500. The standard InChI is InChI=1S/C20H12F3N7/c21-20(22,23)14-5-1-12(2-6-14)16-10-19(26-11-25-16)27-15-7-3-13-4-8-18(29-30-24)28-17(13)9-15/h1-11H,(H,25,26,27). The van der Waals surface area contributed by atoms with E-state index in [2.05, 4.69) is 30.3 Å². The molecule has 148 valence electrons. The molecule has 0 radical (unpaired) electrons. The molecular weight excluding hydrogens is 395 g/mol. The van der Waals surface area contributed by atoms with Crippen LogP contribution in [-0.4, -0.2) is 15.0 Å². The molecule has 0 atom stereocenters. The lowest BCUT2D eigenvalue weighted by molar-refractivity contribution is -0.137. The molecule has 0 bridgehead atoms. The van der Waals surface area contributed by atoms with E-state index in [1.165, 1.54) is 18.5 Å². The van der Waals surface area contributed by atoms with E-state index < -0.39 is 11.7 Å². The van der Waals surface area contributed by atoms with Gasteiger partial charge in [-0.15, -0.1) is 0 Å². The first kappa shape index (κ1) is 19.2. The van der Waals surface area contributed by atoms with Gasteiger partial charge in [-0.1, -0.05) is 24.3 Å². The highest BCUT2D eigenvalue weighted by molar-refractivity contribution is 5.84. The third-order valence-corrected chi connectivity index (χ3v) is 4.27. The lowest BCUT2D eigenvalue weighted by atomic mass is 10.1. The average molecular weight is 407 g/mol. The van der Waals surface area contributed by atoms with Crippen LogP contribution in [0.4, 0.5) is 30.5 Å². The highest BCUT2D eigenvalue weighted by atomic mass is 19.4. The molecule has 2 aromatic heterocycles. The number of nitrogens with zero attached hydrogens (tertiary/aromatic N) is 6. The molecule has 0 aliphatic rings. The number of benzene rings is 2. The van der Waals surface area contributed by atoms with Gasteiger partial charge < -0.3 is 5.32 Å². The minimum Gasteiger partial charge on any atom is -0.340 e. The van der Waals surface area contributed by atoms with E-state index in [9.17, 15) is 13.2 Å². The van der Waals surface area contributed by atoms with Crippen LogP contribution in [0.25, 0.3) is 32.6 Å². The molecule has 1 N–H and O–H groups in total. The molecule has 4 aromatic rings. The second-order valence-electron chi connectivity index (χ2n) is 6.25. The molecule has 0 aliphatic heterocycles. The summed E-state index contributed by atoms with van der Waals surface area (Å²) in [6.07, 6.45) is -3.06. The number of pyridine rings is 1. The van der Waals surface area contributed by atoms with E-state index in [1.54, 1.807) is 24.3 Å². The third kappa shape index (κ3) is 4.13. The summed E-state index contributed by atoms with van der Waals surface area (Å²) in [4.78, 5) is 15.3. The first-order valence-electron chi connectivity index (χ1n) is 8.65. The van der Waals surface area contributed by atoms with Gasteiger partial charge in [-0.3, -0.25) is 0 Å². The van der Waals surface area contributed by atoms with Gasteiger partial charge in [0.2, 0.25) is 0 Å². The van der Waals surface area contributed by atoms with Crippen LogP contribution in [0, 0.1) is 0 Å². The van der Waals surface area contributed by atoms with Crippen molar-refractivity contribution in [1.29, 1.82) is 0 Å². The van der Waals surface area contributed by atoms with Gasteiger partial charge in [0.25, 0.3) is 0 Å². The number of azide groups is 1. The third-order valence-electron chi connectivity index (χ3n) is 4.27. The molecule has 0 saturated heterocycles. The summed E-state index contributed by atoms with van der Waals surface area (Å²) >= 11 is 0. The summed E-state index contributed by atoms with van der Waals surface area (Å²) in [6.45, 7) is 0. The Labute approximate surface area is 167 Å². The summed E-state index contributed by atoms with van der Waals surface area (Å²) in [5.74, 6) is 0.722. The Hall–Kier alpha value is -4.17. The number of halogens is 3. The highest BCUT2D eigenvalue weighted by Crippen LogP contribution is 2.31. The second-order valence-corrected chi connectivity index (χ2v) is 6.25. The van der Waals surface area contributed by atoms with Crippen molar-refractivity contribution >= 4 is 28.2 Å². The summed E-state index contributed by atoms with van der Waals surface area (Å²) in [5, 5.41) is 7.48. The molecule has 2 heterocycles. The molecule has 10 heteroatoms. The van der Waals surface area contributed by atoms with Crippen LogP contribution >= 0.6 is 0 Å². The molecule has 0 aliphatic carbocycles. The van der Waals surface area contributed by atoms with Crippen molar-refractivity contribution in [3.05, 3.63) is 83.0 Å². The Kier molecular flexibility index (Phi) is 4.91. The van der Waals surface area contributed by atoms with Crippen molar-refractivity contribution in [3.63, 3.8) is 0 Å². The molecule has 30 heavy (non-hydrogen) atoms. The Morgan fingerprint density at radius 3 is 2.43 bits per heavy atom. The van der Waals surface area contributed by atoms with E-state index in [0.29, 0.717) is 28.3 Å². The predicted molar refractivity (Wildman–Crippen MR) is 106 cm³/mol. The van der Waals surface area contributed by atoms with Crippen molar-refractivity contribution in [1.82, 2.24) is 15.0 Å². The van der Waals surface area contributed by atoms with Crippen molar-refractivity contribution in [3.8, 4) is 11.3 Å². The first-order chi connectivity index (χ1) is 14.4. The number of fused-ring (bicyclic) bond motifs is 1. The largest absolute Gasteiger partial charge is 0.416 e. The van der Waals surface area contributed by atoms with Gasteiger partial charge >= 0.3 is 6.18 Å². The van der Waals surface area contributed by atoms with Gasteiger partial charge in [-0.2, -0.15) is 13.2 Å². The summed E-state index contributed by atoms with van der Waals surface area (Å²) in [7, 11) is 0. The van der Waals surface area contributed by atoms with Crippen molar-refractivity contribution < 1.29 is 13.2 Å². The minimum atomic E-state index is -4.39. The minimum absolute atomic E-state index is 0.258. The molecular formula is C20H12F3N7. The second kappa shape index (κ2) is 7.69. The van der Waals surface area contributed by atoms with E-state index >= 15 is 0 Å². The number of hydrogen-bond acceptors (Lipinski definition) is 5. The Bertz CT molecular complexity index is 1260. The molecule has 2 aromatic carbocycles. The van der Waals surface area contributed by atoms with E-state index in [4.69, 9.17) is 5.53 Å². The smallest absolute Gasteiger partial charge is 0.340 e. The topological polar surface area (TPSA) is 99.5 Å². The molecule has 0 saturated carbocycles. The molecule has 0 amide bonds. The van der Waals surface area contributed by atoms with Gasteiger partial charge in [0.15, 0.2) is 0 Å². The first-order valence-corrected chi connectivity index (χ1v) is 8.65. The maximum absolute atomic E-state index is 12.7. The van der Waals surface area contributed by atoms with Crippen molar-refractivity contribution in [2.45, 2.75) is 6.18 Å². The number of hydrogen-bond donors (Lipinski definition) is 1. The van der Waals surface area contributed by atoms with Crippen LogP contribution < -0.4 is 5.32 Å². The Morgan fingerprint density at radius 1 is 0.933 bits per heavy atom. The maximum atomic E-state index is 12.7. The van der Waals surface area contributed by atoms with Crippen LogP contribution in [0.1, 0.15) is 5.56 Å². The van der Waals surface area contributed by atoms with Gasteiger partial charge in [-0.05, 0) is 41.0 Å². The number of nitrogens with one attached hydrogen (secondary N) is 1. The van der Waals surface area contributed by atoms with Crippen molar-refractivity contribution in [2.75, 3.05) is 5.32 Å². The molecule has 0 spiro atoms. The Balaban J connectivity index is 1.60. The quantitative estimate of drug-likeness (QED) is 0.240. The van der Waals surface area contributed by atoms with Crippen LogP contribution in [0.15, 0.2) is 72.1 Å². The molecule has 4 rings (SSSR count). The van der Waals surface area contributed by atoms with Crippen LogP contribution in [-0.2, 0) is 6.18 Å². The predicted octanol–water partition coefficient (Wildman–Crippen LogP) is 6.40. The fourth-order valence-electron chi connectivity index (χ4n) is 2.85. The van der Waals surface area contributed by atoms with E-state index in [1.807, 2.05) is 12.1 Å². The molecule has 7 nitrogen and oxygen atoms in total. The highest BCUT2D eigenvalue weighted by Gasteiger charge is 2.30. The zero-order valence-electron chi connectivity index (χ0n) is 15.2. The van der Waals surface area contributed by atoms with Crippen LogP contribution in [0.2, 0.25) is 0 Å². The van der Waals surface area contributed by atoms with Crippen molar-refractivity contribution in [2.24, 2.45) is 5.11 Å². The number of alkyl halides is 3. The zero-order chi connectivity index (χ0) is 21.1. The van der Waals surface area contributed by atoms with E-state index in [-0.39, 0.29) is 5.82 Å².